The molecule has 0 unspecified atom stereocenters. The van der Waals surface area contributed by atoms with Gasteiger partial charge in [0.25, 0.3) is 0 Å². The molecule has 0 aliphatic rings. The summed E-state index contributed by atoms with van der Waals surface area (Å²) in [6.07, 6.45) is 0. The summed E-state index contributed by atoms with van der Waals surface area (Å²) in [7, 11) is -3.55. The number of halogens is 1. The van der Waals surface area contributed by atoms with Gasteiger partial charge >= 0.3 is 0 Å². The number of sulfone groups is 1. The molecule has 0 fully saturated rings. The maximum Gasteiger partial charge on any atom is 0.235 e. The average molecular weight is 488 g/mol. The van der Waals surface area contributed by atoms with Gasteiger partial charge in [-0.05, 0) is 41.0 Å². The molecule has 7 heteroatoms. The normalized spacial score (nSPS) is 11.1. The Balaban J connectivity index is 1.46. The number of ether oxygens (including phenoxy) is 1. The number of nitrogens with one attached hydrogen (secondary N) is 1. The molecule has 1 N–H and O–H groups in total. The zero-order chi connectivity index (χ0) is 21.4. The van der Waals surface area contributed by atoms with Crippen molar-refractivity contribution in [2.24, 2.45) is 0 Å². The number of rotatable bonds is 9. The fraction of sp³-hybridized carbons (Fsp3) is 0.174. The Morgan fingerprint density at radius 3 is 2.27 bits per heavy atom. The second-order valence-electron chi connectivity index (χ2n) is 6.86. The lowest BCUT2D eigenvalue weighted by Crippen LogP contribution is -2.30. The highest BCUT2D eigenvalue weighted by atomic mass is 79.9. The number of amides is 1. The molecule has 0 heterocycles. The van der Waals surface area contributed by atoms with Crippen LogP contribution in [-0.2, 0) is 33.5 Å². The van der Waals surface area contributed by atoms with E-state index in [2.05, 4.69) is 21.2 Å². The van der Waals surface area contributed by atoms with Gasteiger partial charge in [0.05, 0.1) is 5.75 Å². The molecule has 3 aromatic carbocycles. The summed E-state index contributed by atoms with van der Waals surface area (Å²) in [6.45, 7) is 0.733. The summed E-state index contributed by atoms with van der Waals surface area (Å²) >= 11 is 3.31. The first-order valence-corrected chi connectivity index (χ1v) is 12.0. The lowest BCUT2D eigenvalue weighted by atomic mass is 10.2. The quantitative estimate of drug-likeness (QED) is 0.489. The zero-order valence-corrected chi connectivity index (χ0v) is 18.7. The lowest BCUT2D eigenvalue weighted by molar-refractivity contribution is -0.118. The van der Waals surface area contributed by atoms with Gasteiger partial charge < -0.3 is 10.1 Å². The van der Waals surface area contributed by atoms with Crippen LogP contribution in [0.15, 0.2) is 83.3 Å². The smallest absolute Gasteiger partial charge is 0.235 e. The number of carbonyl (C=O) groups excluding carboxylic acids is 1. The minimum atomic E-state index is -3.55. The molecule has 5 nitrogen and oxygen atoms in total. The fourth-order valence-corrected chi connectivity index (χ4v) is 4.57. The molecule has 0 aliphatic heterocycles. The number of hydrogen-bond acceptors (Lipinski definition) is 4. The summed E-state index contributed by atoms with van der Waals surface area (Å²) in [6, 6.07) is 24.3. The second-order valence-corrected chi connectivity index (χ2v) is 9.84. The van der Waals surface area contributed by atoms with Crippen molar-refractivity contribution in [1.29, 1.82) is 0 Å². The van der Waals surface area contributed by atoms with E-state index in [4.69, 9.17) is 4.74 Å². The van der Waals surface area contributed by atoms with Crippen LogP contribution in [0.3, 0.4) is 0 Å². The van der Waals surface area contributed by atoms with E-state index in [-0.39, 0.29) is 12.3 Å². The molecule has 0 atom stereocenters. The molecule has 0 bridgehead atoms. The van der Waals surface area contributed by atoms with Crippen LogP contribution in [0.4, 0.5) is 0 Å². The monoisotopic (exact) mass is 487 g/mol. The SMILES string of the molecule is O=C(CS(=O)(=O)Cc1cccc(Br)c1)NCc1ccc(OCc2ccccc2)cc1. The van der Waals surface area contributed by atoms with Crippen LogP contribution >= 0.6 is 15.9 Å². The lowest BCUT2D eigenvalue weighted by Gasteiger charge is -2.09. The molecule has 0 spiro atoms. The molecular weight excluding hydrogens is 466 g/mol. The molecule has 1 amide bonds. The summed E-state index contributed by atoms with van der Waals surface area (Å²) in [4.78, 5) is 12.1. The summed E-state index contributed by atoms with van der Waals surface area (Å²) in [5.74, 6) is -0.509. The number of carbonyl (C=O) groups is 1. The van der Waals surface area contributed by atoms with Gasteiger partial charge in [0.1, 0.15) is 18.1 Å². The van der Waals surface area contributed by atoms with E-state index in [9.17, 15) is 13.2 Å². The molecule has 3 rings (SSSR count). The summed E-state index contributed by atoms with van der Waals surface area (Å²) < 4.78 is 31.1. The summed E-state index contributed by atoms with van der Waals surface area (Å²) in [5, 5.41) is 2.66. The van der Waals surface area contributed by atoms with Crippen LogP contribution in [0.25, 0.3) is 0 Å². The Morgan fingerprint density at radius 2 is 1.57 bits per heavy atom. The summed E-state index contributed by atoms with van der Waals surface area (Å²) in [5.41, 5.74) is 2.58. The van der Waals surface area contributed by atoms with Crippen molar-refractivity contribution in [3.63, 3.8) is 0 Å². The van der Waals surface area contributed by atoms with E-state index in [0.29, 0.717) is 12.2 Å². The van der Waals surface area contributed by atoms with E-state index >= 15 is 0 Å². The molecule has 0 saturated carbocycles. The average Bonchev–Trinajstić information content (AvgIpc) is 2.71. The van der Waals surface area contributed by atoms with Crippen LogP contribution in [0.2, 0.25) is 0 Å². The highest BCUT2D eigenvalue weighted by Gasteiger charge is 2.17. The van der Waals surface area contributed by atoms with E-state index in [1.807, 2.05) is 60.7 Å². The van der Waals surface area contributed by atoms with Crippen molar-refractivity contribution in [1.82, 2.24) is 5.32 Å². The van der Waals surface area contributed by atoms with Crippen molar-refractivity contribution >= 4 is 31.7 Å². The van der Waals surface area contributed by atoms with Gasteiger partial charge in [0, 0.05) is 11.0 Å². The van der Waals surface area contributed by atoms with Crippen molar-refractivity contribution in [2.45, 2.75) is 18.9 Å². The Labute approximate surface area is 185 Å². The number of hydrogen-bond donors (Lipinski definition) is 1. The predicted molar refractivity (Wildman–Crippen MR) is 121 cm³/mol. The van der Waals surface area contributed by atoms with Crippen LogP contribution in [0.1, 0.15) is 16.7 Å². The molecular formula is C23H22BrNO4S. The van der Waals surface area contributed by atoms with Crippen LogP contribution in [-0.4, -0.2) is 20.1 Å². The molecule has 0 aromatic heterocycles. The molecule has 0 aliphatic carbocycles. The highest BCUT2D eigenvalue weighted by Crippen LogP contribution is 2.15. The van der Waals surface area contributed by atoms with E-state index in [1.54, 1.807) is 18.2 Å². The third kappa shape index (κ3) is 7.31. The predicted octanol–water partition coefficient (Wildman–Crippen LogP) is 4.26. The third-order valence-corrected chi connectivity index (χ3v) is 6.26. The van der Waals surface area contributed by atoms with E-state index in [1.165, 1.54) is 0 Å². The maximum atomic E-state index is 12.3. The molecule has 156 valence electrons. The maximum absolute atomic E-state index is 12.3. The molecule has 3 aromatic rings. The Kier molecular flexibility index (Phi) is 7.65. The van der Waals surface area contributed by atoms with Gasteiger partial charge in [-0.15, -0.1) is 0 Å². The standard InChI is InChI=1S/C23H22BrNO4S/c24-21-8-4-7-20(13-21)16-30(27,28)17-23(26)25-14-18-9-11-22(12-10-18)29-15-19-5-2-1-3-6-19/h1-13H,14-17H2,(H,25,26). The van der Waals surface area contributed by atoms with E-state index in [0.717, 1.165) is 21.3 Å². The zero-order valence-electron chi connectivity index (χ0n) is 16.3. The Bertz CT molecular complexity index is 1080. The highest BCUT2D eigenvalue weighted by molar-refractivity contribution is 9.10. The van der Waals surface area contributed by atoms with Gasteiger partial charge in [-0.3, -0.25) is 4.79 Å². The third-order valence-electron chi connectivity index (χ3n) is 4.29. The topological polar surface area (TPSA) is 72.5 Å². The van der Waals surface area contributed by atoms with Crippen LogP contribution in [0.5, 0.6) is 5.75 Å². The molecule has 0 radical (unpaired) electrons. The van der Waals surface area contributed by atoms with Crippen molar-refractivity contribution in [3.05, 3.63) is 100 Å². The largest absolute Gasteiger partial charge is 0.489 e. The first kappa shape index (κ1) is 22.1. The number of benzene rings is 3. The minimum absolute atomic E-state index is 0.173. The van der Waals surface area contributed by atoms with Crippen LogP contribution in [0, 0.1) is 0 Å². The van der Waals surface area contributed by atoms with Crippen molar-refractivity contribution < 1.29 is 17.9 Å². The second kappa shape index (κ2) is 10.4. The van der Waals surface area contributed by atoms with E-state index < -0.39 is 21.5 Å². The minimum Gasteiger partial charge on any atom is -0.489 e. The van der Waals surface area contributed by atoms with Crippen molar-refractivity contribution in [2.75, 3.05) is 5.75 Å². The van der Waals surface area contributed by atoms with Gasteiger partial charge in [0.15, 0.2) is 9.84 Å². The van der Waals surface area contributed by atoms with Gasteiger partial charge in [-0.25, -0.2) is 8.42 Å². The van der Waals surface area contributed by atoms with Crippen LogP contribution < -0.4 is 10.1 Å². The van der Waals surface area contributed by atoms with Gasteiger partial charge in [-0.2, -0.15) is 0 Å². The van der Waals surface area contributed by atoms with Gasteiger partial charge in [-0.1, -0.05) is 70.5 Å². The Morgan fingerprint density at radius 1 is 0.867 bits per heavy atom. The van der Waals surface area contributed by atoms with Crippen molar-refractivity contribution in [3.8, 4) is 5.75 Å². The molecule has 0 saturated heterocycles. The first-order valence-electron chi connectivity index (χ1n) is 9.37. The molecule has 30 heavy (non-hydrogen) atoms. The first-order chi connectivity index (χ1) is 14.4. The van der Waals surface area contributed by atoms with Gasteiger partial charge in [0.2, 0.25) is 5.91 Å². The Hall–Kier alpha value is -2.64. The fourth-order valence-electron chi connectivity index (χ4n) is 2.83.